The Balaban J connectivity index is 1.49. The molecule has 9 heteroatoms. The number of morpholine rings is 1. The number of carbonyl (C=O) groups is 1. The van der Waals surface area contributed by atoms with Crippen molar-refractivity contribution in [2.75, 3.05) is 44.3 Å². The maximum atomic E-state index is 14.1. The van der Waals surface area contributed by atoms with Crippen LogP contribution in [0.25, 0.3) is 21.5 Å². The number of anilines is 1. The summed E-state index contributed by atoms with van der Waals surface area (Å²) in [6.07, 6.45) is 0.812. The number of hydrogen-bond acceptors (Lipinski definition) is 7. The molecule has 1 aliphatic heterocycles. The number of benzene rings is 2. The van der Waals surface area contributed by atoms with Crippen LogP contribution in [0.4, 0.5) is 5.13 Å². The van der Waals surface area contributed by atoms with Crippen molar-refractivity contribution < 1.29 is 14.1 Å². The average Bonchev–Trinajstić information content (AvgIpc) is 3.45. The summed E-state index contributed by atoms with van der Waals surface area (Å²) < 4.78 is 12.0. The van der Waals surface area contributed by atoms with E-state index in [4.69, 9.17) is 25.8 Å². The molecule has 1 fully saturated rings. The van der Waals surface area contributed by atoms with E-state index in [1.54, 1.807) is 17.9 Å². The second-order valence-corrected chi connectivity index (χ2v) is 10.1. The van der Waals surface area contributed by atoms with Crippen molar-refractivity contribution in [3.8, 4) is 11.3 Å². The molecule has 2 aromatic carbocycles. The summed E-state index contributed by atoms with van der Waals surface area (Å²) in [7, 11) is 0. The second-order valence-electron chi connectivity index (χ2n) is 8.67. The topological polar surface area (TPSA) is 71.7 Å². The first-order chi connectivity index (χ1) is 17.0. The Kier molecular flexibility index (Phi) is 7.15. The second kappa shape index (κ2) is 10.5. The molecule has 0 aliphatic carbocycles. The first kappa shape index (κ1) is 23.9. The minimum Gasteiger partial charge on any atom is -0.379 e. The number of fused-ring (bicyclic) bond motifs is 1. The van der Waals surface area contributed by atoms with Gasteiger partial charge in [0.25, 0.3) is 5.91 Å². The van der Waals surface area contributed by atoms with Crippen LogP contribution >= 0.6 is 22.9 Å². The standard InChI is InChI=1S/C26H27ClN4O3S/c1-17-8-9-21-22(16-17)35-26(28-21)31(11-5-10-30-12-14-33-15-13-30)25(32)23-18(2)34-29-24(23)19-6-3-4-7-20(19)27/h3-4,6-9,16H,5,10-15H2,1-2H3. The minimum absolute atomic E-state index is 0.184. The smallest absolute Gasteiger partial charge is 0.265 e. The monoisotopic (exact) mass is 510 g/mol. The fourth-order valence-corrected chi connectivity index (χ4v) is 5.61. The molecule has 1 aliphatic rings. The largest absolute Gasteiger partial charge is 0.379 e. The van der Waals surface area contributed by atoms with Crippen molar-refractivity contribution in [1.82, 2.24) is 15.0 Å². The molecule has 0 saturated carbocycles. The summed E-state index contributed by atoms with van der Waals surface area (Å²) in [5.41, 5.74) is 3.58. The van der Waals surface area contributed by atoms with Crippen molar-refractivity contribution in [3.63, 3.8) is 0 Å². The molecule has 1 saturated heterocycles. The highest BCUT2D eigenvalue weighted by Crippen LogP contribution is 2.35. The molecule has 1 amide bonds. The Labute approximate surface area is 213 Å². The van der Waals surface area contributed by atoms with Crippen LogP contribution in [0.5, 0.6) is 0 Å². The minimum atomic E-state index is -0.184. The highest BCUT2D eigenvalue weighted by Gasteiger charge is 2.29. The number of halogens is 1. The van der Waals surface area contributed by atoms with Crippen LogP contribution in [-0.4, -0.2) is 60.3 Å². The molecule has 3 heterocycles. The molecule has 0 radical (unpaired) electrons. The van der Waals surface area contributed by atoms with Crippen LogP contribution in [0.3, 0.4) is 0 Å². The van der Waals surface area contributed by atoms with Crippen LogP contribution in [0.15, 0.2) is 47.0 Å². The van der Waals surface area contributed by atoms with Crippen molar-refractivity contribution >= 4 is 44.2 Å². The van der Waals surface area contributed by atoms with Crippen LogP contribution in [-0.2, 0) is 4.74 Å². The van der Waals surface area contributed by atoms with Gasteiger partial charge in [0, 0.05) is 31.7 Å². The van der Waals surface area contributed by atoms with Gasteiger partial charge >= 0.3 is 0 Å². The predicted octanol–water partition coefficient (Wildman–Crippen LogP) is 5.59. The lowest BCUT2D eigenvalue weighted by Crippen LogP contribution is -2.39. The van der Waals surface area contributed by atoms with Gasteiger partial charge in [0.2, 0.25) is 0 Å². The quantitative estimate of drug-likeness (QED) is 0.322. The van der Waals surface area contributed by atoms with Gasteiger partial charge in [-0.3, -0.25) is 14.6 Å². The molecule has 35 heavy (non-hydrogen) atoms. The highest BCUT2D eigenvalue weighted by molar-refractivity contribution is 7.22. The maximum Gasteiger partial charge on any atom is 0.265 e. The van der Waals surface area contributed by atoms with Crippen molar-refractivity contribution in [2.45, 2.75) is 20.3 Å². The molecule has 0 spiro atoms. The Morgan fingerprint density at radius 2 is 1.97 bits per heavy atom. The van der Waals surface area contributed by atoms with E-state index < -0.39 is 0 Å². The van der Waals surface area contributed by atoms with Crippen LogP contribution < -0.4 is 4.90 Å². The third-order valence-corrected chi connectivity index (χ3v) is 7.54. The van der Waals surface area contributed by atoms with Crippen molar-refractivity contribution in [2.24, 2.45) is 0 Å². The number of thiazole rings is 1. The summed E-state index contributed by atoms with van der Waals surface area (Å²) in [6.45, 7) is 8.56. The summed E-state index contributed by atoms with van der Waals surface area (Å²) in [5.74, 6) is 0.275. The van der Waals surface area contributed by atoms with E-state index in [9.17, 15) is 4.79 Å². The number of rotatable bonds is 7. The molecule has 0 unspecified atom stereocenters. The molecule has 2 aromatic heterocycles. The van der Waals surface area contributed by atoms with Crippen LogP contribution in [0, 0.1) is 13.8 Å². The SMILES string of the molecule is Cc1ccc2nc(N(CCCN3CCOCC3)C(=O)c3c(-c4ccccc4Cl)noc3C)sc2c1. The summed E-state index contributed by atoms with van der Waals surface area (Å²) in [5, 5.41) is 5.39. The van der Waals surface area contributed by atoms with E-state index in [0.29, 0.717) is 39.3 Å². The van der Waals surface area contributed by atoms with Crippen LogP contribution in [0.1, 0.15) is 28.1 Å². The van der Waals surface area contributed by atoms with E-state index in [2.05, 4.69) is 23.0 Å². The number of aromatic nitrogens is 2. The summed E-state index contributed by atoms with van der Waals surface area (Å²) in [4.78, 5) is 23.0. The van der Waals surface area contributed by atoms with Gasteiger partial charge in [-0.25, -0.2) is 4.98 Å². The molecule has 4 aromatic rings. The molecule has 7 nitrogen and oxygen atoms in total. The zero-order chi connectivity index (χ0) is 24.4. The molecular formula is C26H27ClN4O3S. The fraction of sp³-hybridized carbons (Fsp3) is 0.346. The van der Waals surface area contributed by atoms with E-state index in [1.165, 1.54) is 11.3 Å². The van der Waals surface area contributed by atoms with Gasteiger partial charge in [0.05, 0.1) is 28.5 Å². The summed E-state index contributed by atoms with van der Waals surface area (Å²) in [6, 6.07) is 13.5. The number of aryl methyl sites for hydroxylation is 2. The van der Waals surface area contributed by atoms with Gasteiger partial charge in [0.15, 0.2) is 5.13 Å². The number of amides is 1. The number of ether oxygens (including phenoxy) is 1. The Morgan fingerprint density at radius 1 is 1.17 bits per heavy atom. The lowest BCUT2D eigenvalue weighted by atomic mass is 10.0. The Hall–Kier alpha value is -2.78. The van der Waals surface area contributed by atoms with E-state index >= 15 is 0 Å². The van der Waals surface area contributed by atoms with Gasteiger partial charge in [-0.15, -0.1) is 0 Å². The first-order valence-corrected chi connectivity index (χ1v) is 12.9. The zero-order valence-electron chi connectivity index (χ0n) is 19.8. The van der Waals surface area contributed by atoms with E-state index in [0.717, 1.165) is 55.0 Å². The summed E-state index contributed by atoms with van der Waals surface area (Å²) >= 11 is 7.97. The van der Waals surface area contributed by atoms with Gasteiger partial charge < -0.3 is 9.26 Å². The molecule has 0 N–H and O–H groups in total. The van der Waals surface area contributed by atoms with Gasteiger partial charge in [-0.1, -0.05) is 52.4 Å². The number of hydrogen-bond donors (Lipinski definition) is 0. The predicted molar refractivity (Wildman–Crippen MR) is 140 cm³/mol. The Bertz CT molecular complexity index is 1350. The van der Waals surface area contributed by atoms with Gasteiger partial charge in [0.1, 0.15) is 17.0 Å². The molecule has 182 valence electrons. The third kappa shape index (κ3) is 5.11. The van der Waals surface area contributed by atoms with E-state index in [1.807, 2.05) is 30.3 Å². The Morgan fingerprint density at radius 3 is 2.77 bits per heavy atom. The fourth-order valence-electron chi connectivity index (χ4n) is 4.29. The third-order valence-electron chi connectivity index (χ3n) is 6.17. The van der Waals surface area contributed by atoms with Gasteiger partial charge in [-0.05, 0) is 44.0 Å². The number of carbonyl (C=O) groups excluding carboxylic acids is 1. The normalized spacial score (nSPS) is 14.5. The molecular weight excluding hydrogens is 484 g/mol. The number of nitrogens with zero attached hydrogens (tertiary/aromatic N) is 4. The maximum absolute atomic E-state index is 14.1. The molecule has 0 atom stereocenters. The van der Waals surface area contributed by atoms with E-state index in [-0.39, 0.29) is 5.91 Å². The van der Waals surface area contributed by atoms with Crippen molar-refractivity contribution in [1.29, 1.82) is 0 Å². The molecule has 5 rings (SSSR count). The lowest BCUT2D eigenvalue weighted by Gasteiger charge is -2.27. The highest BCUT2D eigenvalue weighted by atomic mass is 35.5. The average molecular weight is 511 g/mol. The van der Waals surface area contributed by atoms with Gasteiger partial charge in [-0.2, -0.15) is 0 Å². The van der Waals surface area contributed by atoms with Crippen molar-refractivity contribution in [3.05, 3.63) is 64.4 Å². The first-order valence-electron chi connectivity index (χ1n) is 11.7. The molecule has 0 bridgehead atoms. The lowest BCUT2D eigenvalue weighted by molar-refractivity contribution is 0.0376. The van der Waals surface area contributed by atoms with Crippen LogP contribution in [0.2, 0.25) is 5.02 Å². The zero-order valence-corrected chi connectivity index (χ0v) is 21.4.